The van der Waals surface area contributed by atoms with Crippen molar-refractivity contribution in [3.8, 4) is 0 Å². The Bertz CT molecular complexity index is 80.6. The molecule has 1 nitrogen and oxygen atoms in total. The van der Waals surface area contributed by atoms with E-state index in [2.05, 4.69) is 6.92 Å². The summed E-state index contributed by atoms with van der Waals surface area (Å²) in [6, 6.07) is 0. The van der Waals surface area contributed by atoms with Gasteiger partial charge in [-0.2, -0.15) is 0 Å². The molecular weight excluding hydrogens is 110 g/mol. The monoisotopic (exact) mass is 127 g/mol. The average Bonchev–Trinajstić information content (AvgIpc) is 2.18. The highest BCUT2D eigenvalue weighted by molar-refractivity contribution is 4.73. The van der Waals surface area contributed by atoms with Crippen molar-refractivity contribution in [3.05, 3.63) is 0 Å². The van der Waals surface area contributed by atoms with Crippen LogP contribution in [-0.2, 0) is 0 Å². The molecule has 1 unspecified atom stereocenters. The first kappa shape index (κ1) is 7.07. The van der Waals surface area contributed by atoms with E-state index in [9.17, 15) is 0 Å². The number of hydrogen-bond acceptors (Lipinski definition) is 1. The number of nitrogens with two attached hydrogens (primary N) is 1. The van der Waals surface area contributed by atoms with Gasteiger partial charge in [0.1, 0.15) is 0 Å². The molecular formula is C8H17N. The maximum atomic E-state index is 5.47. The lowest BCUT2D eigenvalue weighted by molar-refractivity contribution is 0.397. The third-order valence-corrected chi connectivity index (χ3v) is 2.58. The SMILES string of the molecule is C[C@@H]1CCCC1CCN. The van der Waals surface area contributed by atoms with Crippen LogP contribution >= 0.6 is 0 Å². The normalized spacial score (nSPS) is 35.3. The standard InChI is InChI=1S/C8H17N/c1-7-3-2-4-8(7)5-6-9/h7-8H,2-6,9H2,1H3/t7-,8?/m1/s1. The molecule has 1 rings (SSSR count). The Morgan fingerprint density at radius 1 is 1.44 bits per heavy atom. The van der Waals surface area contributed by atoms with Crippen LogP contribution in [0.3, 0.4) is 0 Å². The van der Waals surface area contributed by atoms with Crippen LogP contribution in [0.1, 0.15) is 32.6 Å². The van der Waals surface area contributed by atoms with Gasteiger partial charge in [0.2, 0.25) is 0 Å². The van der Waals surface area contributed by atoms with Crippen LogP contribution in [0.15, 0.2) is 0 Å². The molecule has 1 heteroatoms. The van der Waals surface area contributed by atoms with Gasteiger partial charge in [-0.1, -0.05) is 26.2 Å². The van der Waals surface area contributed by atoms with Gasteiger partial charge in [-0.3, -0.25) is 0 Å². The number of hydrogen-bond donors (Lipinski definition) is 1. The fourth-order valence-electron chi connectivity index (χ4n) is 1.87. The molecule has 1 aliphatic rings. The molecule has 0 bridgehead atoms. The summed E-state index contributed by atoms with van der Waals surface area (Å²) in [5, 5.41) is 0. The Morgan fingerprint density at radius 2 is 2.22 bits per heavy atom. The van der Waals surface area contributed by atoms with E-state index in [4.69, 9.17) is 5.73 Å². The van der Waals surface area contributed by atoms with Crippen molar-refractivity contribution >= 4 is 0 Å². The summed E-state index contributed by atoms with van der Waals surface area (Å²) in [6.07, 6.45) is 5.55. The molecule has 0 aromatic rings. The van der Waals surface area contributed by atoms with Crippen molar-refractivity contribution in [2.24, 2.45) is 17.6 Å². The van der Waals surface area contributed by atoms with Gasteiger partial charge in [0, 0.05) is 0 Å². The van der Waals surface area contributed by atoms with Crippen molar-refractivity contribution in [1.82, 2.24) is 0 Å². The molecule has 1 saturated carbocycles. The maximum absolute atomic E-state index is 5.47. The minimum Gasteiger partial charge on any atom is -0.330 e. The van der Waals surface area contributed by atoms with Gasteiger partial charge in [-0.15, -0.1) is 0 Å². The van der Waals surface area contributed by atoms with E-state index < -0.39 is 0 Å². The van der Waals surface area contributed by atoms with Crippen LogP contribution in [-0.4, -0.2) is 6.54 Å². The molecule has 0 aromatic heterocycles. The lowest BCUT2D eigenvalue weighted by Crippen LogP contribution is -2.10. The van der Waals surface area contributed by atoms with Crippen LogP contribution in [0, 0.1) is 11.8 Å². The zero-order chi connectivity index (χ0) is 6.69. The Labute approximate surface area is 57.6 Å². The Hall–Kier alpha value is -0.0400. The molecule has 54 valence electrons. The zero-order valence-electron chi connectivity index (χ0n) is 6.27. The maximum Gasteiger partial charge on any atom is -0.00745 e. The summed E-state index contributed by atoms with van der Waals surface area (Å²) in [7, 11) is 0. The molecule has 1 aliphatic carbocycles. The lowest BCUT2D eigenvalue weighted by Gasteiger charge is -2.12. The van der Waals surface area contributed by atoms with Crippen LogP contribution in [0.2, 0.25) is 0 Å². The highest BCUT2D eigenvalue weighted by Gasteiger charge is 2.21. The lowest BCUT2D eigenvalue weighted by atomic mass is 9.95. The molecule has 0 heterocycles. The number of rotatable bonds is 2. The first-order valence-electron chi connectivity index (χ1n) is 4.04. The van der Waals surface area contributed by atoms with Gasteiger partial charge in [0.05, 0.1) is 0 Å². The van der Waals surface area contributed by atoms with E-state index in [1.54, 1.807) is 0 Å². The molecule has 2 atom stereocenters. The van der Waals surface area contributed by atoms with Crippen molar-refractivity contribution < 1.29 is 0 Å². The highest BCUT2D eigenvalue weighted by atomic mass is 14.5. The summed E-state index contributed by atoms with van der Waals surface area (Å²) in [5.41, 5.74) is 5.47. The Morgan fingerprint density at radius 3 is 2.67 bits per heavy atom. The van der Waals surface area contributed by atoms with Gasteiger partial charge >= 0.3 is 0 Å². The van der Waals surface area contributed by atoms with Crippen LogP contribution in [0.5, 0.6) is 0 Å². The summed E-state index contributed by atoms with van der Waals surface area (Å²) < 4.78 is 0. The quantitative estimate of drug-likeness (QED) is 0.601. The van der Waals surface area contributed by atoms with Gasteiger partial charge in [0.15, 0.2) is 0 Å². The molecule has 0 saturated heterocycles. The van der Waals surface area contributed by atoms with Gasteiger partial charge in [-0.05, 0) is 24.8 Å². The average molecular weight is 127 g/mol. The van der Waals surface area contributed by atoms with E-state index >= 15 is 0 Å². The molecule has 0 radical (unpaired) electrons. The summed E-state index contributed by atoms with van der Waals surface area (Å²) >= 11 is 0. The fraction of sp³-hybridized carbons (Fsp3) is 1.00. The van der Waals surface area contributed by atoms with Crippen molar-refractivity contribution in [3.63, 3.8) is 0 Å². The fourth-order valence-corrected chi connectivity index (χ4v) is 1.87. The van der Waals surface area contributed by atoms with Crippen molar-refractivity contribution in [2.45, 2.75) is 32.6 Å². The van der Waals surface area contributed by atoms with Crippen molar-refractivity contribution in [1.29, 1.82) is 0 Å². The third-order valence-electron chi connectivity index (χ3n) is 2.58. The molecule has 0 aromatic carbocycles. The first-order valence-corrected chi connectivity index (χ1v) is 4.04. The predicted molar refractivity (Wildman–Crippen MR) is 40.2 cm³/mol. The van der Waals surface area contributed by atoms with Gasteiger partial charge in [0.25, 0.3) is 0 Å². The third kappa shape index (κ3) is 1.68. The largest absolute Gasteiger partial charge is 0.330 e. The smallest absolute Gasteiger partial charge is 0.00745 e. The second-order valence-corrected chi connectivity index (χ2v) is 3.25. The minimum atomic E-state index is 0.884. The Kier molecular flexibility index (Phi) is 2.52. The van der Waals surface area contributed by atoms with E-state index in [-0.39, 0.29) is 0 Å². The van der Waals surface area contributed by atoms with Crippen LogP contribution in [0.25, 0.3) is 0 Å². The van der Waals surface area contributed by atoms with E-state index in [0.29, 0.717) is 0 Å². The van der Waals surface area contributed by atoms with E-state index in [0.717, 1.165) is 18.4 Å². The van der Waals surface area contributed by atoms with Gasteiger partial charge < -0.3 is 5.73 Å². The predicted octanol–water partition coefficient (Wildman–Crippen LogP) is 1.77. The minimum absolute atomic E-state index is 0.884. The Balaban J connectivity index is 2.22. The summed E-state index contributed by atoms with van der Waals surface area (Å²) in [6.45, 7) is 3.24. The van der Waals surface area contributed by atoms with Crippen molar-refractivity contribution in [2.75, 3.05) is 6.54 Å². The summed E-state index contributed by atoms with van der Waals surface area (Å²) in [5.74, 6) is 1.91. The summed E-state index contributed by atoms with van der Waals surface area (Å²) in [4.78, 5) is 0. The molecule has 1 fully saturated rings. The topological polar surface area (TPSA) is 26.0 Å². The molecule has 0 amide bonds. The van der Waals surface area contributed by atoms with E-state index in [1.165, 1.54) is 25.7 Å². The second-order valence-electron chi connectivity index (χ2n) is 3.25. The zero-order valence-corrected chi connectivity index (χ0v) is 6.27. The van der Waals surface area contributed by atoms with Crippen LogP contribution in [0.4, 0.5) is 0 Å². The highest BCUT2D eigenvalue weighted by Crippen LogP contribution is 2.32. The first-order chi connectivity index (χ1) is 4.34. The molecule has 2 N–H and O–H groups in total. The molecule has 9 heavy (non-hydrogen) atoms. The second kappa shape index (κ2) is 3.21. The molecule has 0 spiro atoms. The van der Waals surface area contributed by atoms with Gasteiger partial charge in [-0.25, -0.2) is 0 Å². The van der Waals surface area contributed by atoms with Crippen LogP contribution < -0.4 is 5.73 Å². The molecule has 0 aliphatic heterocycles. The van der Waals surface area contributed by atoms with E-state index in [1.807, 2.05) is 0 Å².